The zero-order valence-electron chi connectivity index (χ0n) is 11.0. The number of rotatable bonds is 3. The molecule has 0 fully saturated rings. The molecule has 5 nitrogen and oxygen atoms in total. The number of hydrogen-bond acceptors (Lipinski definition) is 4. The Kier molecular flexibility index (Phi) is 3.93. The molecule has 0 spiro atoms. The molecule has 2 aromatic rings. The molecule has 0 saturated carbocycles. The Hall–Kier alpha value is -1.53. The van der Waals surface area contributed by atoms with E-state index in [0.29, 0.717) is 24.5 Å². The van der Waals surface area contributed by atoms with Gasteiger partial charge >= 0.3 is 0 Å². The number of fused-ring (bicyclic) bond motifs is 1. The monoisotopic (exact) mass is 337 g/mol. The third-order valence-corrected chi connectivity index (χ3v) is 3.54. The van der Waals surface area contributed by atoms with Crippen molar-refractivity contribution in [1.29, 1.82) is 0 Å². The molecule has 1 aromatic carbocycles. The van der Waals surface area contributed by atoms with Crippen molar-refractivity contribution in [2.45, 2.75) is 12.8 Å². The molecular formula is C14H16BrN3O2. The molecule has 1 aliphatic rings. The molecule has 0 bridgehead atoms. The zero-order chi connectivity index (χ0) is 13.9. The molecular weight excluding hydrogens is 322 g/mol. The van der Waals surface area contributed by atoms with E-state index in [0.717, 1.165) is 41.3 Å². The summed E-state index contributed by atoms with van der Waals surface area (Å²) in [6.07, 6.45) is 1.65. The molecule has 3 N–H and O–H groups in total. The van der Waals surface area contributed by atoms with E-state index in [2.05, 4.69) is 25.9 Å². The summed E-state index contributed by atoms with van der Waals surface area (Å²) in [7, 11) is 0. The summed E-state index contributed by atoms with van der Waals surface area (Å²) < 4.78 is 12.1. The molecule has 0 radical (unpaired) electrons. The molecule has 20 heavy (non-hydrogen) atoms. The summed E-state index contributed by atoms with van der Waals surface area (Å²) in [4.78, 5) is 7.67. The van der Waals surface area contributed by atoms with Crippen LogP contribution in [-0.4, -0.2) is 29.7 Å². The maximum Gasteiger partial charge on any atom is 0.175 e. The topological polar surface area (TPSA) is 73.2 Å². The third kappa shape index (κ3) is 2.66. The van der Waals surface area contributed by atoms with Gasteiger partial charge in [-0.3, -0.25) is 0 Å². The average molecular weight is 338 g/mol. The van der Waals surface area contributed by atoms with E-state index in [1.807, 2.05) is 18.2 Å². The van der Waals surface area contributed by atoms with E-state index < -0.39 is 0 Å². The highest BCUT2D eigenvalue weighted by atomic mass is 79.9. The van der Waals surface area contributed by atoms with Crippen LogP contribution in [0.5, 0.6) is 11.5 Å². The predicted molar refractivity (Wildman–Crippen MR) is 80.1 cm³/mol. The second-order valence-corrected chi connectivity index (χ2v) is 5.36. The number of aromatic nitrogens is 2. The van der Waals surface area contributed by atoms with Gasteiger partial charge in [0, 0.05) is 24.1 Å². The molecule has 2 heterocycles. The van der Waals surface area contributed by atoms with Crippen LogP contribution in [0, 0.1) is 0 Å². The largest absolute Gasteiger partial charge is 0.490 e. The first-order valence-corrected chi connectivity index (χ1v) is 7.41. The van der Waals surface area contributed by atoms with Crippen LogP contribution in [0.4, 0.5) is 0 Å². The van der Waals surface area contributed by atoms with Gasteiger partial charge in [-0.1, -0.05) is 0 Å². The first kappa shape index (κ1) is 13.5. The molecule has 0 unspecified atom stereocenters. The maximum absolute atomic E-state index is 5.72. The van der Waals surface area contributed by atoms with Gasteiger partial charge in [0.05, 0.1) is 18.9 Å². The highest BCUT2D eigenvalue weighted by Crippen LogP contribution is 2.35. The Morgan fingerprint density at radius 3 is 2.85 bits per heavy atom. The number of nitrogens with zero attached hydrogens (tertiary/aromatic N) is 1. The number of nitrogens with one attached hydrogen (secondary N) is 1. The van der Waals surface area contributed by atoms with Gasteiger partial charge in [-0.2, -0.15) is 0 Å². The van der Waals surface area contributed by atoms with E-state index >= 15 is 0 Å². The van der Waals surface area contributed by atoms with Crippen molar-refractivity contribution in [2.75, 3.05) is 19.8 Å². The molecule has 6 heteroatoms. The lowest BCUT2D eigenvalue weighted by molar-refractivity contribution is 0.297. The first-order chi connectivity index (χ1) is 9.78. The van der Waals surface area contributed by atoms with Gasteiger partial charge in [0.15, 0.2) is 16.2 Å². The van der Waals surface area contributed by atoms with E-state index in [-0.39, 0.29) is 0 Å². The van der Waals surface area contributed by atoms with Gasteiger partial charge < -0.3 is 20.2 Å². The minimum atomic E-state index is 0.576. The highest BCUT2D eigenvalue weighted by molar-refractivity contribution is 9.10. The molecule has 0 aliphatic carbocycles. The fraction of sp³-hybridized carbons (Fsp3) is 0.357. The van der Waals surface area contributed by atoms with Crippen molar-refractivity contribution in [1.82, 2.24) is 9.97 Å². The maximum atomic E-state index is 5.72. The summed E-state index contributed by atoms with van der Waals surface area (Å²) in [5.41, 5.74) is 8.56. The van der Waals surface area contributed by atoms with Gasteiger partial charge in [-0.05, 0) is 40.7 Å². The Bertz CT molecular complexity index is 612. The SMILES string of the molecule is NCCc1[nH]c(Br)nc1-c1ccc2c(c1)OCCCO2. The van der Waals surface area contributed by atoms with Crippen LogP contribution in [-0.2, 0) is 6.42 Å². The predicted octanol–water partition coefficient (Wildman–Crippen LogP) is 2.50. The number of halogens is 1. The van der Waals surface area contributed by atoms with Crippen molar-refractivity contribution in [2.24, 2.45) is 5.73 Å². The second-order valence-electron chi connectivity index (χ2n) is 4.61. The van der Waals surface area contributed by atoms with Gasteiger partial charge in [0.1, 0.15) is 0 Å². The average Bonchev–Trinajstić information content (AvgIpc) is 2.68. The van der Waals surface area contributed by atoms with Crippen molar-refractivity contribution in [3.63, 3.8) is 0 Å². The van der Waals surface area contributed by atoms with Crippen LogP contribution in [0.3, 0.4) is 0 Å². The summed E-state index contributed by atoms with van der Waals surface area (Å²) in [6.45, 7) is 1.95. The highest BCUT2D eigenvalue weighted by Gasteiger charge is 2.15. The molecule has 1 aromatic heterocycles. The number of aromatic amines is 1. The molecule has 3 rings (SSSR count). The Labute approximate surface area is 125 Å². The van der Waals surface area contributed by atoms with Crippen LogP contribution >= 0.6 is 15.9 Å². The van der Waals surface area contributed by atoms with Crippen molar-refractivity contribution < 1.29 is 9.47 Å². The molecule has 1 aliphatic heterocycles. The number of nitrogens with two attached hydrogens (primary N) is 1. The van der Waals surface area contributed by atoms with Crippen LogP contribution in [0.1, 0.15) is 12.1 Å². The van der Waals surface area contributed by atoms with Crippen LogP contribution < -0.4 is 15.2 Å². The minimum absolute atomic E-state index is 0.576. The Balaban J connectivity index is 2.00. The lowest BCUT2D eigenvalue weighted by atomic mass is 10.1. The fourth-order valence-corrected chi connectivity index (χ4v) is 2.67. The van der Waals surface area contributed by atoms with Crippen molar-refractivity contribution in [3.05, 3.63) is 28.6 Å². The summed E-state index contributed by atoms with van der Waals surface area (Å²) in [6, 6.07) is 5.91. The molecule has 0 saturated heterocycles. The van der Waals surface area contributed by atoms with Gasteiger partial charge in [-0.15, -0.1) is 0 Å². The van der Waals surface area contributed by atoms with Crippen molar-refractivity contribution >= 4 is 15.9 Å². The van der Waals surface area contributed by atoms with E-state index in [9.17, 15) is 0 Å². The van der Waals surface area contributed by atoms with Crippen LogP contribution in [0.2, 0.25) is 0 Å². The Morgan fingerprint density at radius 1 is 1.25 bits per heavy atom. The number of H-pyrrole nitrogens is 1. The summed E-state index contributed by atoms with van der Waals surface area (Å²) >= 11 is 3.37. The Morgan fingerprint density at radius 2 is 2.05 bits per heavy atom. The number of imidazole rings is 1. The van der Waals surface area contributed by atoms with Gasteiger partial charge in [0.2, 0.25) is 0 Å². The fourth-order valence-electron chi connectivity index (χ4n) is 2.25. The van der Waals surface area contributed by atoms with E-state index in [4.69, 9.17) is 15.2 Å². The molecule has 0 atom stereocenters. The summed E-state index contributed by atoms with van der Waals surface area (Å²) in [5.74, 6) is 1.57. The second kappa shape index (κ2) is 5.85. The van der Waals surface area contributed by atoms with Crippen LogP contribution in [0.15, 0.2) is 22.9 Å². The van der Waals surface area contributed by atoms with Crippen molar-refractivity contribution in [3.8, 4) is 22.8 Å². The third-order valence-electron chi connectivity index (χ3n) is 3.17. The standard InChI is InChI=1S/C14H16BrN3O2/c15-14-17-10(4-5-16)13(18-14)9-2-3-11-12(8-9)20-7-1-6-19-11/h2-3,8H,1,4-7,16H2,(H,17,18). The normalized spacial score (nSPS) is 14.1. The van der Waals surface area contributed by atoms with E-state index in [1.54, 1.807) is 0 Å². The number of benzene rings is 1. The molecule has 106 valence electrons. The van der Waals surface area contributed by atoms with E-state index in [1.165, 1.54) is 0 Å². The number of hydrogen-bond donors (Lipinski definition) is 2. The smallest absolute Gasteiger partial charge is 0.175 e. The van der Waals surface area contributed by atoms with Crippen LogP contribution in [0.25, 0.3) is 11.3 Å². The lowest BCUT2D eigenvalue weighted by Crippen LogP contribution is -2.04. The zero-order valence-corrected chi connectivity index (χ0v) is 12.6. The minimum Gasteiger partial charge on any atom is -0.490 e. The van der Waals surface area contributed by atoms with Gasteiger partial charge in [0.25, 0.3) is 0 Å². The lowest BCUT2D eigenvalue weighted by Gasteiger charge is -2.09. The molecule has 0 amide bonds. The quantitative estimate of drug-likeness (QED) is 0.902. The van der Waals surface area contributed by atoms with Gasteiger partial charge in [-0.25, -0.2) is 4.98 Å². The summed E-state index contributed by atoms with van der Waals surface area (Å²) in [5, 5.41) is 0. The number of ether oxygens (including phenoxy) is 2. The first-order valence-electron chi connectivity index (χ1n) is 6.62.